The van der Waals surface area contributed by atoms with Gasteiger partial charge < -0.3 is 0 Å². The van der Waals surface area contributed by atoms with E-state index in [0.717, 1.165) is 30.6 Å². The second kappa shape index (κ2) is 4.83. The minimum absolute atomic E-state index is 0.384. The summed E-state index contributed by atoms with van der Waals surface area (Å²) in [4.78, 5) is 11.7. The van der Waals surface area contributed by atoms with Gasteiger partial charge in [-0.25, -0.2) is 0 Å². The van der Waals surface area contributed by atoms with Crippen molar-refractivity contribution < 1.29 is 4.79 Å². The molecule has 0 radical (unpaired) electrons. The molecule has 1 fully saturated rings. The molecule has 114 valence electrons. The van der Waals surface area contributed by atoms with Crippen LogP contribution in [0, 0.1) is 23.2 Å². The predicted molar refractivity (Wildman–Crippen MR) is 85.9 cm³/mol. The van der Waals surface area contributed by atoms with Crippen LogP contribution in [0.25, 0.3) is 0 Å². The molecular formula is C20H28O. The molecule has 4 aliphatic carbocycles. The number of rotatable bonds is 1. The molecule has 0 amide bonds. The van der Waals surface area contributed by atoms with Gasteiger partial charge in [-0.2, -0.15) is 0 Å². The van der Waals surface area contributed by atoms with Gasteiger partial charge in [-0.3, -0.25) is 4.79 Å². The van der Waals surface area contributed by atoms with Gasteiger partial charge in [-0.05, 0) is 80.6 Å². The van der Waals surface area contributed by atoms with Crippen molar-refractivity contribution in [3.63, 3.8) is 0 Å². The molecular weight excluding hydrogens is 256 g/mol. The number of allylic oxidation sites excluding steroid dienone is 4. The molecule has 0 bridgehead atoms. The van der Waals surface area contributed by atoms with Crippen LogP contribution in [0.2, 0.25) is 0 Å². The molecule has 0 aromatic rings. The van der Waals surface area contributed by atoms with Gasteiger partial charge in [-0.15, -0.1) is 0 Å². The van der Waals surface area contributed by atoms with E-state index in [2.05, 4.69) is 13.8 Å². The standard InChI is InChI=1S/C20H28O/c1-3-20(2)11-10-18-17-6-4-13-12-14(21)5-7-15(13)16(17)8-9-19(18)20/h12,15-17H,3-11H2,1-2H3. The van der Waals surface area contributed by atoms with E-state index in [9.17, 15) is 4.79 Å². The lowest BCUT2D eigenvalue weighted by Gasteiger charge is -2.46. The maximum atomic E-state index is 11.7. The van der Waals surface area contributed by atoms with Crippen LogP contribution >= 0.6 is 0 Å². The van der Waals surface area contributed by atoms with Crippen molar-refractivity contribution in [1.82, 2.24) is 0 Å². The molecule has 4 rings (SSSR count). The molecule has 1 saturated carbocycles. The van der Waals surface area contributed by atoms with Crippen molar-refractivity contribution in [3.05, 3.63) is 22.8 Å². The second-order valence-electron chi connectivity index (χ2n) is 8.10. The smallest absolute Gasteiger partial charge is 0.155 e. The van der Waals surface area contributed by atoms with Crippen LogP contribution in [-0.4, -0.2) is 5.78 Å². The van der Waals surface area contributed by atoms with Gasteiger partial charge in [0.2, 0.25) is 0 Å². The quantitative estimate of drug-likeness (QED) is 0.603. The monoisotopic (exact) mass is 284 g/mol. The third kappa shape index (κ3) is 1.99. The molecule has 4 aliphatic rings. The first-order valence-corrected chi connectivity index (χ1v) is 9.08. The Morgan fingerprint density at radius 1 is 1.10 bits per heavy atom. The van der Waals surface area contributed by atoms with Crippen molar-refractivity contribution in [1.29, 1.82) is 0 Å². The van der Waals surface area contributed by atoms with Gasteiger partial charge in [0.15, 0.2) is 5.78 Å². The van der Waals surface area contributed by atoms with Gasteiger partial charge in [0.05, 0.1) is 0 Å². The minimum atomic E-state index is 0.384. The second-order valence-corrected chi connectivity index (χ2v) is 8.10. The predicted octanol–water partition coefficient (Wildman–Crippen LogP) is 5.22. The topological polar surface area (TPSA) is 17.1 Å². The van der Waals surface area contributed by atoms with Crippen LogP contribution < -0.4 is 0 Å². The molecule has 0 aromatic carbocycles. The van der Waals surface area contributed by atoms with Gasteiger partial charge in [0, 0.05) is 6.42 Å². The summed E-state index contributed by atoms with van der Waals surface area (Å²) >= 11 is 0. The fourth-order valence-electron chi connectivity index (χ4n) is 5.94. The van der Waals surface area contributed by atoms with Crippen LogP contribution in [0.15, 0.2) is 22.8 Å². The summed E-state index contributed by atoms with van der Waals surface area (Å²) in [6, 6.07) is 0. The first kappa shape index (κ1) is 13.8. The summed E-state index contributed by atoms with van der Waals surface area (Å²) in [5.74, 6) is 2.84. The van der Waals surface area contributed by atoms with E-state index in [1.54, 1.807) is 0 Å². The Balaban J connectivity index is 1.66. The van der Waals surface area contributed by atoms with E-state index in [-0.39, 0.29) is 0 Å². The summed E-state index contributed by atoms with van der Waals surface area (Å²) < 4.78 is 0. The Morgan fingerprint density at radius 2 is 1.90 bits per heavy atom. The highest BCUT2D eigenvalue weighted by atomic mass is 16.1. The molecule has 21 heavy (non-hydrogen) atoms. The van der Waals surface area contributed by atoms with Gasteiger partial charge >= 0.3 is 0 Å². The van der Waals surface area contributed by atoms with Crippen LogP contribution in [0.4, 0.5) is 0 Å². The lowest BCUT2D eigenvalue weighted by Crippen LogP contribution is -2.36. The maximum Gasteiger partial charge on any atom is 0.155 e. The van der Waals surface area contributed by atoms with Crippen LogP contribution in [0.1, 0.15) is 71.6 Å². The van der Waals surface area contributed by atoms with Gasteiger partial charge in [0.1, 0.15) is 0 Å². The van der Waals surface area contributed by atoms with Crippen LogP contribution in [0.5, 0.6) is 0 Å². The van der Waals surface area contributed by atoms with Crippen molar-refractivity contribution in [2.45, 2.75) is 71.6 Å². The molecule has 0 aliphatic heterocycles. The molecule has 0 heterocycles. The molecule has 1 nitrogen and oxygen atoms in total. The van der Waals surface area contributed by atoms with Crippen molar-refractivity contribution in [3.8, 4) is 0 Å². The first-order valence-electron chi connectivity index (χ1n) is 9.08. The molecule has 4 unspecified atom stereocenters. The van der Waals surface area contributed by atoms with Crippen LogP contribution in [-0.2, 0) is 4.79 Å². The molecule has 1 heteroatoms. The zero-order valence-corrected chi connectivity index (χ0v) is 13.6. The van der Waals surface area contributed by atoms with Crippen molar-refractivity contribution >= 4 is 5.78 Å². The van der Waals surface area contributed by atoms with Crippen molar-refractivity contribution in [2.75, 3.05) is 0 Å². The van der Waals surface area contributed by atoms with Gasteiger partial charge in [-0.1, -0.05) is 30.6 Å². The van der Waals surface area contributed by atoms with E-state index >= 15 is 0 Å². The average molecular weight is 284 g/mol. The SMILES string of the molecule is CCC1(C)CCC2=C1CCC1C3CCC(=O)C=C3CCC21. The zero-order valence-electron chi connectivity index (χ0n) is 13.6. The Kier molecular flexibility index (Phi) is 3.17. The van der Waals surface area contributed by atoms with E-state index in [0.29, 0.717) is 11.2 Å². The summed E-state index contributed by atoms with van der Waals surface area (Å²) in [7, 11) is 0. The molecule has 0 saturated heterocycles. The summed E-state index contributed by atoms with van der Waals surface area (Å²) in [6.45, 7) is 4.87. The maximum absolute atomic E-state index is 11.7. The number of ketones is 1. The van der Waals surface area contributed by atoms with Gasteiger partial charge in [0.25, 0.3) is 0 Å². The van der Waals surface area contributed by atoms with E-state index < -0.39 is 0 Å². The summed E-state index contributed by atoms with van der Waals surface area (Å²) in [5, 5.41) is 0. The molecule has 0 N–H and O–H groups in total. The summed E-state index contributed by atoms with van der Waals surface area (Å²) in [6.07, 6.45) is 13.3. The third-order valence-corrected chi connectivity index (χ3v) is 7.32. The Labute approximate surface area is 128 Å². The third-order valence-electron chi connectivity index (χ3n) is 7.32. The number of hydrogen-bond donors (Lipinski definition) is 0. The lowest BCUT2D eigenvalue weighted by molar-refractivity contribution is -0.115. The molecule has 0 aromatic heterocycles. The van der Waals surface area contributed by atoms with E-state index in [4.69, 9.17) is 0 Å². The first-order chi connectivity index (χ1) is 10.1. The van der Waals surface area contributed by atoms with Crippen molar-refractivity contribution in [2.24, 2.45) is 23.2 Å². The Morgan fingerprint density at radius 3 is 2.71 bits per heavy atom. The number of carbonyl (C=O) groups is 1. The number of hydrogen-bond acceptors (Lipinski definition) is 1. The Bertz CT molecular complexity index is 538. The lowest BCUT2D eigenvalue weighted by atomic mass is 9.59. The Hall–Kier alpha value is -0.850. The molecule has 4 atom stereocenters. The number of carbonyl (C=O) groups excluding carboxylic acids is 1. The van der Waals surface area contributed by atoms with E-state index in [1.165, 1.54) is 50.5 Å². The summed E-state index contributed by atoms with van der Waals surface area (Å²) in [5.41, 5.74) is 5.74. The average Bonchev–Trinajstić information content (AvgIpc) is 2.85. The van der Waals surface area contributed by atoms with E-state index in [1.807, 2.05) is 17.2 Å². The highest BCUT2D eigenvalue weighted by Gasteiger charge is 2.46. The largest absolute Gasteiger partial charge is 0.295 e. The zero-order chi connectivity index (χ0) is 14.6. The fraction of sp³-hybridized carbons (Fsp3) is 0.750. The normalized spacial score (nSPS) is 42.3. The van der Waals surface area contributed by atoms with Crippen LogP contribution in [0.3, 0.4) is 0 Å². The highest BCUT2D eigenvalue weighted by molar-refractivity contribution is 5.91. The minimum Gasteiger partial charge on any atom is -0.295 e. The number of fused-ring (bicyclic) bond motifs is 4. The highest BCUT2D eigenvalue weighted by Crippen LogP contribution is 2.59. The molecule has 0 spiro atoms. The fourth-order valence-corrected chi connectivity index (χ4v) is 5.94.